The molecule has 0 radical (unpaired) electrons. The first kappa shape index (κ1) is 24.7. The van der Waals surface area contributed by atoms with Crippen LogP contribution < -0.4 is 5.32 Å². The van der Waals surface area contributed by atoms with Gasteiger partial charge in [-0.3, -0.25) is 9.59 Å². The first-order valence-corrected chi connectivity index (χ1v) is 11.7. The smallest absolute Gasteiger partial charge is 0.339 e. The largest absolute Gasteiger partial charge is 0.452 e. The first-order valence-electron chi connectivity index (χ1n) is 10.7. The molecule has 2 aromatic carbocycles. The molecule has 1 fully saturated rings. The number of amides is 2. The highest BCUT2D eigenvalue weighted by molar-refractivity contribution is 8.00. The molecule has 0 aromatic heterocycles. The summed E-state index contributed by atoms with van der Waals surface area (Å²) in [5.41, 5.74) is -0.118. The van der Waals surface area contributed by atoms with Crippen molar-refractivity contribution in [3.63, 3.8) is 0 Å². The van der Waals surface area contributed by atoms with Gasteiger partial charge in [-0.15, -0.1) is 11.8 Å². The molecule has 1 aliphatic carbocycles. The van der Waals surface area contributed by atoms with Gasteiger partial charge in [0.25, 0.3) is 5.91 Å². The van der Waals surface area contributed by atoms with Crippen molar-refractivity contribution in [2.75, 3.05) is 24.7 Å². The highest BCUT2D eigenvalue weighted by Crippen LogP contribution is 2.26. The number of esters is 1. The highest BCUT2D eigenvalue weighted by atomic mass is 32.2. The summed E-state index contributed by atoms with van der Waals surface area (Å²) < 4.78 is 31.9. The number of halogens is 2. The maximum absolute atomic E-state index is 13.6. The Bertz CT molecular complexity index is 1010. The number of nitrogens with zero attached hydrogens (tertiary/aromatic N) is 1. The molecule has 0 aliphatic heterocycles. The van der Waals surface area contributed by atoms with Crippen LogP contribution in [0.4, 0.5) is 14.5 Å². The maximum atomic E-state index is 13.6. The Morgan fingerprint density at radius 1 is 1.09 bits per heavy atom. The summed E-state index contributed by atoms with van der Waals surface area (Å²) in [5.74, 6) is -2.90. The van der Waals surface area contributed by atoms with Crippen LogP contribution >= 0.6 is 11.8 Å². The van der Waals surface area contributed by atoms with Gasteiger partial charge in [-0.25, -0.2) is 13.6 Å². The predicted molar refractivity (Wildman–Crippen MR) is 122 cm³/mol. The maximum Gasteiger partial charge on any atom is 0.339 e. The van der Waals surface area contributed by atoms with Gasteiger partial charge >= 0.3 is 5.97 Å². The topological polar surface area (TPSA) is 75.7 Å². The van der Waals surface area contributed by atoms with Gasteiger partial charge < -0.3 is 15.0 Å². The molecule has 3 rings (SSSR count). The molecule has 1 N–H and O–H groups in total. The molecule has 9 heteroatoms. The third kappa shape index (κ3) is 7.02. The van der Waals surface area contributed by atoms with Gasteiger partial charge in [0.15, 0.2) is 6.61 Å². The van der Waals surface area contributed by atoms with Crippen LogP contribution in [0.5, 0.6) is 0 Å². The summed E-state index contributed by atoms with van der Waals surface area (Å²) in [6, 6.07) is 9.55. The van der Waals surface area contributed by atoms with Crippen molar-refractivity contribution in [1.82, 2.24) is 4.90 Å². The van der Waals surface area contributed by atoms with Crippen LogP contribution in [0, 0.1) is 11.6 Å². The standard InChI is InChI=1S/C24H26F2N2O4S/c1-28(17-7-3-2-4-8-17)23(30)15-33-21-10-6-5-9-18(21)24(31)32-14-22(29)27-20-13-16(25)11-12-19(20)26/h5-6,9-13,17H,2-4,7-8,14-15H2,1H3,(H,27,29). The molecule has 33 heavy (non-hydrogen) atoms. The van der Waals surface area contributed by atoms with Gasteiger partial charge in [0, 0.05) is 24.1 Å². The average Bonchev–Trinajstić information content (AvgIpc) is 2.83. The van der Waals surface area contributed by atoms with Crippen LogP contribution in [0.25, 0.3) is 0 Å². The molecule has 2 amide bonds. The number of carbonyl (C=O) groups excluding carboxylic acids is 3. The molecule has 0 saturated heterocycles. The fourth-order valence-electron chi connectivity index (χ4n) is 3.66. The van der Waals surface area contributed by atoms with E-state index in [1.165, 1.54) is 18.2 Å². The zero-order valence-corrected chi connectivity index (χ0v) is 19.1. The van der Waals surface area contributed by atoms with E-state index in [9.17, 15) is 23.2 Å². The second kappa shape index (κ2) is 11.8. The fourth-order valence-corrected chi connectivity index (χ4v) is 4.63. The van der Waals surface area contributed by atoms with E-state index in [-0.39, 0.29) is 29.0 Å². The summed E-state index contributed by atoms with van der Waals surface area (Å²) in [4.78, 5) is 39.5. The van der Waals surface area contributed by atoms with Gasteiger partial charge in [0.2, 0.25) is 5.91 Å². The number of hydrogen-bond acceptors (Lipinski definition) is 5. The summed E-state index contributed by atoms with van der Waals surface area (Å²) in [6.45, 7) is -0.670. The molecule has 176 valence electrons. The van der Waals surface area contributed by atoms with Gasteiger partial charge in [-0.1, -0.05) is 31.4 Å². The normalized spacial score (nSPS) is 13.9. The number of ether oxygens (including phenoxy) is 1. The van der Waals surface area contributed by atoms with Crippen LogP contribution in [-0.2, 0) is 14.3 Å². The van der Waals surface area contributed by atoms with Crippen LogP contribution in [0.15, 0.2) is 47.4 Å². The monoisotopic (exact) mass is 476 g/mol. The molecular formula is C24H26F2N2O4S. The summed E-state index contributed by atoms with van der Waals surface area (Å²) in [5, 5.41) is 2.17. The zero-order valence-electron chi connectivity index (χ0n) is 18.3. The van der Waals surface area contributed by atoms with E-state index in [2.05, 4.69) is 5.32 Å². The summed E-state index contributed by atoms with van der Waals surface area (Å²) >= 11 is 1.23. The molecular weight excluding hydrogens is 450 g/mol. The summed E-state index contributed by atoms with van der Waals surface area (Å²) in [6.07, 6.45) is 5.49. The van der Waals surface area contributed by atoms with Crippen LogP contribution in [0.3, 0.4) is 0 Å². The van der Waals surface area contributed by atoms with E-state index < -0.39 is 30.1 Å². The van der Waals surface area contributed by atoms with E-state index in [1.54, 1.807) is 29.2 Å². The average molecular weight is 477 g/mol. The second-order valence-corrected chi connectivity index (χ2v) is 8.85. The molecule has 6 nitrogen and oxygen atoms in total. The number of rotatable bonds is 8. The minimum absolute atomic E-state index is 0.00781. The van der Waals surface area contributed by atoms with Gasteiger partial charge in [0.05, 0.1) is 17.0 Å². The van der Waals surface area contributed by atoms with Gasteiger partial charge in [-0.2, -0.15) is 0 Å². The van der Waals surface area contributed by atoms with Crippen molar-refractivity contribution in [2.24, 2.45) is 0 Å². The number of thioether (sulfide) groups is 1. The van der Waals surface area contributed by atoms with Gasteiger partial charge in [-0.05, 0) is 37.1 Å². The van der Waals surface area contributed by atoms with Crippen LogP contribution in [0.2, 0.25) is 0 Å². The number of benzene rings is 2. The number of carbonyl (C=O) groups is 3. The fraction of sp³-hybridized carbons (Fsp3) is 0.375. The second-order valence-electron chi connectivity index (χ2n) is 7.83. The Balaban J connectivity index is 1.54. The Labute approximate surface area is 195 Å². The molecule has 0 bridgehead atoms. The van der Waals surface area contributed by atoms with Crippen molar-refractivity contribution in [3.8, 4) is 0 Å². The van der Waals surface area contributed by atoms with E-state index in [0.717, 1.165) is 43.9 Å². The van der Waals surface area contributed by atoms with E-state index in [0.29, 0.717) is 4.90 Å². The molecule has 2 aromatic rings. The molecule has 0 heterocycles. The van der Waals surface area contributed by atoms with Gasteiger partial charge in [0.1, 0.15) is 11.6 Å². The van der Waals surface area contributed by atoms with Crippen molar-refractivity contribution in [2.45, 2.75) is 43.0 Å². The number of anilines is 1. The highest BCUT2D eigenvalue weighted by Gasteiger charge is 2.23. The Morgan fingerprint density at radius 3 is 2.58 bits per heavy atom. The lowest BCUT2D eigenvalue weighted by molar-refractivity contribution is -0.129. The minimum atomic E-state index is -0.805. The van der Waals surface area contributed by atoms with E-state index >= 15 is 0 Å². The van der Waals surface area contributed by atoms with E-state index in [1.807, 2.05) is 7.05 Å². The Hall–Kier alpha value is -2.94. The molecule has 1 aliphatic rings. The third-order valence-electron chi connectivity index (χ3n) is 5.51. The number of nitrogens with one attached hydrogen (secondary N) is 1. The van der Waals surface area contributed by atoms with Crippen molar-refractivity contribution in [3.05, 3.63) is 59.7 Å². The SMILES string of the molecule is CN(C(=O)CSc1ccccc1C(=O)OCC(=O)Nc1cc(F)ccc1F)C1CCCCC1. The first-order chi connectivity index (χ1) is 15.8. The van der Waals surface area contributed by atoms with Crippen LogP contribution in [-0.4, -0.2) is 48.1 Å². The lowest BCUT2D eigenvalue weighted by atomic mass is 9.94. The lowest BCUT2D eigenvalue weighted by Crippen LogP contribution is -2.39. The summed E-state index contributed by atoms with van der Waals surface area (Å²) in [7, 11) is 1.82. The predicted octanol–water partition coefficient (Wildman–Crippen LogP) is 4.64. The number of hydrogen-bond donors (Lipinski definition) is 1. The van der Waals surface area contributed by atoms with Crippen molar-refractivity contribution >= 4 is 35.2 Å². The third-order valence-corrected chi connectivity index (χ3v) is 6.57. The van der Waals surface area contributed by atoms with Crippen molar-refractivity contribution < 1.29 is 27.9 Å². The van der Waals surface area contributed by atoms with Crippen LogP contribution in [0.1, 0.15) is 42.5 Å². The molecule has 1 saturated carbocycles. The zero-order chi connectivity index (χ0) is 23.8. The Kier molecular flexibility index (Phi) is 8.82. The quantitative estimate of drug-likeness (QED) is 0.444. The molecule has 0 atom stereocenters. The Morgan fingerprint density at radius 2 is 1.82 bits per heavy atom. The molecule has 0 spiro atoms. The van der Waals surface area contributed by atoms with E-state index in [4.69, 9.17) is 4.74 Å². The minimum Gasteiger partial charge on any atom is -0.452 e. The lowest BCUT2D eigenvalue weighted by Gasteiger charge is -2.31. The van der Waals surface area contributed by atoms with Crippen molar-refractivity contribution in [1.29, 1.82) is 0 Å². The molecule has 0 unspecified atom stereocenters.